The van der Waals surface area contributed by atoms with Gasteiger partial charge in [-0.2, -0.15) is 0 Å². The zero-order valence-corrected chi connectivity index (χ0v) is 11.7. The van der Waals surface area contributed by atoms with E-state index in [0.29, 0.717) is 25.8 Å². The quantitative estimate of drug-likeness (QED) is 0.439. The van der Waals surface area contributed by atoms with Gasteiger partial charge in [-0.3, -0.25) is 9.69 Å². The van der Waals surface area contributed by atoms with Crippen LogP contribution in [0.2, 0.25) is 0 Å². The zero-order chi connectivity index (χ0) is 13.7. The van der Waals surface area contributed by atoms with Crippen LogP contribution >= 0.6 is 11.8 Å². The molecular weight excluding hydrogens is 256 g/mol. The van der Waals surface area contributed by atoms with Crippen molar-refractivity contribution < 1.29 is 14.7 Å². The summed E-state index contributed by atoms with van der Waals surface area (Å²) < 4.78 is 1.00. The van der Waals surface area contributed by atoms with Gasteiger partial charge in [-0.1, -0.05) is 20.3 Å². The topological polar surface area (TPSA) is 60.9 Å². The average molecular weight is 277 g/mol. The first-order chi connectivity index (χ1) is 8.52. The van der Waals surface area contributed by atoms with E-state index < -0.39 is 12.1 Å². The fourth-order valence-corrected chi connectivity index (χ4v) is 2.19. The largest absolute Gasteiger partial charge is 0.396 e. The van der Waals surface area contributed by atoms with Crippen LogP contribution in [-0.2, 0) is 4.79 Å². The van der Waals surface area contributed by atoms with Crippen molar-refractivity contribution >= 4 is 23.7 Å². The first-order valence-corrected chi connectivity index (χ1v) is 6.77. The van der Waals surface area contributed by atoms with Gasteiger partial charge in [0.05, 0.1) is 0 Å². The van der Waals surface area contributed by atoms with Gasteiger partial charge in [0.2, 0.25) is 0 Å². The second kappa shape index (κ2) is 6.95. The Bertz CT molecular complexity index is 312. The molecule has 2 atom stereocenters. The molecule has 0 aromatic rings. The highest BCUT2D eigenvalue weighted by Crippen LogP contribution is 2.25. The molecule has 6 heteroatoms. The zero-order valence-electron chi connectivity index (χ0n) is 10.9. The third-order valence-corrected chi connectivity index (χ3v) is 3.70. The van der Waals surface area contributed by atoms with E-state index in [1.165, 1.54) is 4.90 Å². The van der Waals surface area contributed by atoms with E-state index in [-0.39, 0.29) is 18.4 Å². The van der Waals surface area contributed by atoms with Crippen molar-refractivity contribution in [2.24, 2.45) is 5.92 Å². The molecule has 0 spiro atoms. The molecule has 0 aromatic heterocycles. The molecule has 0 radical (unpaired) electrons. The van der Waals surface area contributed by atoms with Gasteiger partial charge in [0, 0.05) is 24.9 Å². The van der Waals surface area contributed by atoms with Crippen molar-refractivity contribution in [3.8, 4) is 0 Å². The van der Waals surface area contributed by atoms with Crippen LogP contribution in [0.1, 0.15) is 39.5 Å². The minimum Gasteiger partial charge on any atom is -0.396 e. The molecule has 1 rings (SSSR count). The Kier molecular flexibility index (Phi) is 5.88. The lowest BCUT2D eigenvalue weighted by atomic mass is 10.1. The Balaban J connectivity index is 2.62. The van der Waals surface area contributed by atoms with Crippen molar-refractivity contribution in [1.82, 2.24) is 9.32 Å². The van der Waals surface area contributed by atoms with E-state index in [1.54, 1.807) is 0 Å². The summed E-state index contributed by atoms with van der Waals surface area (Å²) in [7, 11) is 0. The number of aliphatic hydroxyl groups is 1. The number of halogens is 1. The van der Waals surface area contributed by atoms with Gasteiger partial charge in [0.15, 0.2) is 0 Å². The lowest BCUT2D eigenvalue weighted by Crippen LogP contribution is -2.35. The van der Waals surface area contributed by atoms with Crippen molar-refractivity contribution in [1.29, 1.82) is 0 Å². The number of hydrogen-bond acceptors (Lipinski definition) is 3. The number of amides is 3. The van der Waals surface area contributed by atoms with Gasteiger partial charge in [0.25, 0.3) is 5.91 Å². The maximum atomic E-state index is 12.1. The molecule has 104 valence electrons. The summed E-state index contributed by atoms with van der Waals surface area (Å²) in [4.78, 5) is 25.2. The summed E-state index contributed by atoms with van der Waals surface area (Å²) in [6, 6.07) is -0.995. The van der Waals surface area contributed by atoms with Gasteiger partial charge in [0.1, 0.15) is 6.04 Å². The molecule has 0 aromatic carbocycles. The molecule has 1 aliphatic heterocycles. The molecular formula is C12H21ClN2O3. The summed E-state index contributed by atoms with van der Waals surface area (Å²) in [6.45, 7) is 4.53. The van der Waals surface area contributed by atoms with Gasteiger partial charge in [-0.15, -0.1) is 0 Å². The molecule has 5 nitrogen and oxygen atoms in total. The number of urea groups is 1. The Morgan fingerprint density at radius 1 is 1.39 bits per heavy atom. The van der Waals surface area contributed by atoms with Crippen LogP contribution in [0, 0.1) is 5.92 Å². The number of nitrogens with zero attached hydrogens (tertiary/aromatic N) is 2. The fourth-order valence-electron chi connectivity index (χ4n) is 1.91. The summed E-state index contributed by atoms with van der Waals surface area (Å²) in [6.07, 6.45) is 2.72. The maximum Gasteiger partial charge on any atom is 0.342 e. The first kappa shape index (κ1) is 15.2. The number of carbonyl (C=O) groups excluding carboxylic acids is 2. The predicted molar refractivity (Wildman–Crippen MR) is 69.0 cm³/mol. The van der Waals surface area contributed by atoms with E-state index in [4.69, 9.17) is 16.9 Å². The number of rotatable bonds is 7. The van der Waals surface area contributed by atoms with Crippen LogP contribution in [0.25, 0.3) is 0 Å². The smallest absolute Gasteiger partial charge is 0.342 e. The third kappa shape index (κ3) is 3.36. The molecule has 0 aliphatic carbocycles. The first-order valence-electron chi connectivity index (χ1n) is 6.44. The van der Waals surface area contributed by atoms with E-state index in [9.17, 15) is 9.59 Å². The van der Waals surface area contributed by atoms with Gasteiger partial charge in [-0.05, 0) is 25.2 Å². The lowest BCUT2D eigenvalue weighted by Gasteiger charge is -2.17. The van der Waals surface area contributed by atoms with Crippen molar-refractivity contribution in [3.05, 3.63) is 0 Å². The van der Waals surface area contributed by atoms with E-state index >= 15 is 0 Å². The minimum atomic E-state index is -0.574. The molecule has 0 saturated carbocycles. The molecule has 1 saturated heterocycles. The summed E-state index contributed by atoms with van der Waals surface area (Å²) >= 11 is 5.88. The Labute approximate surface area is 113 Å². The predicted octanol–water partition coefficient (Wildman–Crippen LogP) is 1.98. The number of carbonyl (C=O) groups is 2. The Morgan fingerprint density at radius 2 is 2.06 bits per heavy atom. The standard InChI is InChI=1S/C12H21ClN2O3/c1-3-9(2)8-14-11(17)10(6-4-5-7-16)15(13)12(14)18/h9-10,16H,3-8H2,1-2H3. The van der Waals surface area contributed by atoms with Crippen LogP contribution < -0.4 is 0 Å². The monoisotopic (exact) mass is 276 g/mol. The number of aliphatic hydroxyl groups excluding tert-OH is 1. The molecule has 1 N–H and O–H groups in total. The normalized spacial score (nSPS) is 21.9. The number of unbranched alkanes of at least 4 members (excludes halogenated alkanes) is 1. The Morgan fingerprint density at radius 3 is 2.61 bits per heavy atom. The minimum absolute atomic E-state index is 0.0910. The van der Waals surface area contributed by atoms with Crippen LogP contribution in [0.3, 0.4) is 0 Å². The molecule has 1 fully saturated rings. The molecule has 0 bridgehead atoms. The molecule has 2 unspecified atom stereocenters. The Hall–Kier alpha value is -0.810. The van der Waals surface area contributed by atoms with Crippen molar-refractivity contribution in [2.45, 2.75) is 45.6 Å². The van der Waals surface area contributed by atoms with Gasteiger partial charge in [-0.25, -0.2) is 9.21 Å². The van der Waals surface area contributed by atoms with E-state index in [2.05, 4.69) is 0 Å². The van der Waals surface area contributed by atoms with Gasteiger partial charge < -0.3 is 5.11 Å². The van der Waals surface area contributed by atoms with E-state index in [0.717, 1.165) is 10.8 Å². The van der Waals surface area contributed by atoms with Crippen LogP contribution in [0.5, 0.6) is 0 Å². The lowest BCUT2D eigenvalue weighted by molar-refractivity contribution is -0.128. The van der Waals surface area contributed by atoms with Crippen LogP contribution in [-0.4, -0.2) is 45.6 Å². The highest BCUT2D eigenvalue weighted by atomic mass is 35.5. The summed E-state index contributed by atoms with van der Waals surface area (Å²) in [5.41, 5.74) is 0. The molecule has 1 aliphatic rings. The second-order valence-corrected chi connectivity index (χ2v) is 5.16. The van der Waals surface area contributed by atoms with Crippen LogP contribution in [0.4, 0.5) is 4.79 Å². The number of hydrogen-bond donors (Lipinski definition) is 1. The van der Waals surface area contributed by atoms with Crippen molar-refractivity contribution in [3.63, 3.8) is 0 Å². The maximum absolute atomic E-state index is 12.1. The number of imide groups is 1. The highest BCUT2D eigenvalue weighted by molar-refractivity contribution is 6.26. The third-order valence-electron chi connectivity index (χ3n) is 3.32. The second-order valence-electron chi connectivity index (χ2n) is 4.79. The SMILES string of the molecule is CCC(C)CN1C(=O)C(CCCCO)N(Cl)C1=O. The highest BCUT2D eigenvalue weighted by Gasteiger charge is 2.44. The van der Waals surface area contributed by atoms with E-state index in [1.807, 2.05) is 13.8 Å². The summed E-state index contributed by atoms with van der Waals surface area (Å²) in [5, 5.41) is 8.72. The molecule has 1 heterocycles. The average Bonchev–Trinajstić information content (AvgIpc) is 2.55. The van der Waals surface area contributed by atoms with Crippen LogP contribution in [0.15, 0.2) is 0 Å². The van der Waals surface area contributed by atoms with Gasteiger partial charge >= 0.3 is 6.03 Å². The van der Waals surface area contributed by atoms with Crippen molar-refractivity contribution in [2.75, 3.05) is 13.2 Å². The summed E-state index contributed by atoms with van der Waals surface area (Å²) in [5.74, 6) is 0.0624. The molecule has 3 amide bonds. The fraction of sp³-hybridized carbons (Fsp3) is 0.833. The molecule has 18 heavy (non-hydrogen) atoms.